The minimum Gasteiger partial charge on any atom is -0.459 e. The largest absolute Gasteiger partial charge is 0.459 e. The van der Waals surface area contributed by atoms with Gasteiger partial charge in [-0.25, -0.2) is 4.39 Å². The fourth-order valence-electron chi connectivity index (χ4n) is 2.96. The third-order valence-electron chi connectivity index (χ3n) is 3.81. The highest BCUT2D eigenvalue weighted by Crippen LogP contribution is 2.31. The van der Waals surface area contributed by atoms with Crippen LogP contribution in [-0.4, -0.2) is 44.2 Å². The number of likely N-dealkylation sites (tertiary alicyclic amines) is 1. The number of fused-ring (bicyclic) bond motifs is 1. The third-order valence-corrected chi connectivity index (χ3v) is 3.81. The molecule has 2 aromatic heterocycles. The second-order valence-corrected chi connectivity index (χ2v) is 6.85. The molecule has 0 radical (unpaired) electrons. The number of hydrogen-bond acceptors (Lipinski definition) is 5. The number of aromatic nitrogens is 3. The smallest absolute Gasteiger partial charge is 0.320 e. The molecule has 0 bridgehead atoms. The van der Waals surface area contributed by atoms with E-state index in [1.165, 1.54) is 12.3 Å². The summed E-state index contributed by atoms with van der Waals surface area (Å²) in [5, 5.41) is 8.28. The van der Waals surface area contributed by atoms with Crippen LogP contribution in [0.25, 0.3) is 5.65 Å². The van der Waals surface area contributed by atoms with Crippen LogP contribution in [0.5, 0.6) is 0 Å². The molecular formula is C16H21FN4O2. The Morgan fingerprint density at radius 3 is 2.91 bits per heavy atom. The van der Waals surface area contributed by atoms with E-state index in [1.807, 2.05) is 25.7 Å². The van der Waals surface area contributed by atoms with Crippen molar-refractivity contribution in [2.24, 2.45) is 0 Å². The molecule has 0 aliphatic carbocycles. The number of nitrogens with zero attached hydrogens (tertiary/aromatic N) is 4. The molecular weight excluding hydrogens is 299 g/mol. The summed E-state index contributed by atoms with van der Waals surface area (Å²) < 4.78 is 20.6. The molecule has 3 rings (SSSR count). The lowest BCUT2D eigenvalue weighted by Crippen LogP contribution is -2.35. The highest BCUT2D eigenvalue weighted by atomic mass is 19.1. The van der Waals surface area contributed by atoms with Crippen LogP contribution in [0.1, 0.15) is 45.5 Å². The first-order valence-corrected chi connectivity index (χ1v) is 7.79. The third kappa shape index (κ3) is 3.50. The number of carbonyl (C=O) groups is 1. The molecule has 0 N–H and O–H groups in total. The molecule has 7 heteroatoms. The van der Waals surface area contributed by atoms with Gasteiger partial charge in [-0.1, -0.05) is 0 Å². The average molecular weight is 320 g/mol. The Kier molecular flexibility index (Phi) is 4.06. The standard InChI is InChI=1S/C16H21FN4O2/c1-16(2,3)23-14(22)10-20-8-4-5-12(20)15-19-18-13-7-6-11(17)9-21(13)15/h6-7,9,12H,4-5,8,10H2,1-3H3. The minimum atomic E-state index is -0.503. The first kappa shape index (κ1) is 15.9. The molecule has 1 aliphatic heterocycles. The van der Waals surface area contributed by atoms with Gasteiger partial charge in [-0.2, -0.15) is 0 Å². The van der Waals surface area contributed by atoms with E-state index in [9.17, 15) is 9.18 Å². The normalized spacial score (nSPS) is 19.4. The van der Waals surface area contributed by atoms with Gasteiger partial charge in [0.05, 0.1) is 12.6 Å². The SMILES string of the molecule is CC(C)(C)OC(=O)CN1CCCC1c1nnc2ccc(F)cn12. The van der Waals surface area contributed by atoms with Crippen molar-refractivity contribution in [3.8, 4) is 0 Å². The number of carbonyl (C=O) groups excluding carboxylic acids is 1. The van der Waals surface area contributed by atoms with Gasteiger partial charge >= 0.3 is 5.97 Å². The zero-order valence-electron chi connectivity index (χ0n) is 13.6. The quantitative estimate of drug-likeness (QED) is 0.813. The maximum absolute atomic E-state index is 13.5. The van der Waals surface area contributed by atoms with Crippen molar-refractivity contribution in [2.75, 3.05) is 13.1 Å². The number of pyridine rings is 1. The first-order chi connectivity index (χ1) is 10.8. The molecule has 1 unspecified atom stereocenters. The number of halogens is 1. The Hall–Kier alpha value is -2.02. The highest BCUT2D eigenvalue weighted by molar-refractivity contribution is 5.72. The number of ether oxygens (including phenoxy) is 1. The van der Waals surface area contributed by atoms with Crippen LogP contribution in [0.15, 0.2) is 18.3 Å². The van der Waals surface area contributed by atoms with Crippen molar-refractivity contribution < 1.29 is 13.9 Å². The second-order valence-electron chi connectivity index (χ2n) is 6.85. The number of rotatable bonds is 3. The summed E-state index contributed by atoms with van der Waals surface area (Å²) in [4.78, 5) is 14.1. The summed E-state index contributed by atoms with van der Waals surface area (Å²) >= 11 is 0. The molecule has 2 aromatic rings. The Morgan fingerprint density at radius 2 is 2.17 bits per heavy atom. The molecule has 6 nitrogen and oxygen atoms in total. The molecule has 0 aromatic carbocycles. The highest BCUT2D eigenvalue weighted by Gasteiger charge is 2.32. The maximum Gasteiger partial charge on any atom is 0.320 e. The Labute approximate surface area is 134 Å². The van der Waals surface area contributed by atoms with Gasteiger partial charge in [0, 0.05) is 6.20 Å². The molecule has 1 aliphatic rings. The van der Waals surface area contributed by atoms with Crippen molar-refractivity contribution in [3.05, 3.63) is 30.0 Å². The zero-order valence-corrected chi connectivity index (χ0v) is 13.6. The van der Waals surface area contributed by atoms with Crippen LogP contribution in [0, 0.1) is 5.82 Å². The van der Waals surface area contributed by atoms with E-state index in [1.54, 1.807) is 10.5 Å². The van der Waals surface area contributed by atoms with E-state index >= 15 is 0 Å². The molecule has 3 heterocycles. The number of esters is 1. The summed E-state index contributed by atoms with van der Waals surface area (Å²) in [6, 6.07) is 2.90. The molecule has 0 saturated carbocycles. The van der Waals surface area contributed by atoms with E-state index in [0.29, 0.717) is 11.5 Å². The molecule has 0 amide bonds. The van der Waals surface area contributed by atoms with Crippen molar-refractivity contribution >= 4 is 11.6 Å². The van der Waals surface area contributed by atoms with Crippen molar-refractivity contribution in [1.82, 2.24) is 19.5 Å². The maximum atomic E-state index is 13.5. The predicted molar refractivity (Wildman–Crippen MR) is 82.3 cm³/mol. The van der Waals surface area contributed by atoms with Crippen LogP contribution < -0.4 is 0 Å². The van der Waals surface area contributed by atoms with Gasteiger partial charge < -0.3 is 4.74 Å². The molecule has 124 valence electrons. The summed E-state index contributed by atoms with van der Waals surface area (Å²) in [5.74, 6) is 0.0696. The summed E-state index contributed by atoms with van der Waals surface area (Å²) in [6.45, 7) is 6.53. The van der Waals surface area contributed by atoms with Gasteiger partial charge in [0.25, 0.3) is 0 Å². The molecule has 1 fully saturated rings. The van der Waals surface area contributed by atoms with E-state index < -0.39 is 5.60 Å². The van der Waals surface area contributed by atoms with Crippen LogP contribution in [0.2, 0.25) is 0 Å². The van der Waals surface area contributed by atoms with Gasteiger partial charge in [-0.15, -0.1) is 10.2 Å². The Balaban J connectivity index is 1.81. The number of hydrogen-bond donors (Lipinski definition) is 0. The monoisotopic (exact) mass is 320 g/mol. The van der Waals surface area contributed by atoms with E-state index in [2.05, 4.69) is 10.2 Å². The van der Waals surface area contributed by atoms with E-state index in [0.717, 1.165) is 19.4 Å². The Morgan fingerprint density at radius 1 is 1.39 bits per heavy atom. The lowest BCUT2D eigenvalue weighted by Gasteiger charge is -2.25. The predicted octanol–water partition coefficient (Wildman–Crippen LogP) is 2.35. The van der Waals surface area contributed by atoms with E-state index in [4.69, 9.17) is 4.74 Å². The van der Waals surface area contributed by atoms with Gasteiger partial charge in [0.1, 0.15) is 11.4 Å². The van der Waals surface area contributed by atoms with Crippen molar-refractivity contribution in [2.45, 2.75) is 45.3 Å². The first-order valence-electron chi connectivity index (χ1n) is 7.79. The fourth-order valence-corrected chi connectivity index (χ4v) is 2.96. The summed E-state index contributed by atoms with van der Waals surface area (Å²) in [6.07, 6.45) is 3.20. The average Bonchev–Trinajstić information content (AvgIpc) is 3.02. The summed E-state index contributed by atoms with van der Waals surface area (Å²) in [5.41, 5.74) is 0.0993. The minimum absolute atomic E-state index is 0.0562. The lowest BCUT2D eigenvalue weighted by atomic mass is 10.2. The second kappa shape index (κ2) is 5.88. The van der Waals surface area contributed by atoms with Crippen LogP contribution >= 0.6 is 0 Å². The van der Waals surface area contributed by atoms with Gasteiger partial charge in [0.15, 0.2) is 11.5 Å². The van der Waals surface area contributed by atoms with Crippen molar-refractivity contribution in [1.29, 1.82) is 0 Å². The van der Waals surface area contributed by atoms with Gasteiger partial charge in [0.2, 0.25) is 0 Å². The molecule has 0 spiro atoms. The molecule has 23 heavy (non-hydrogen) atoms. The molecule has 1 atom stereocenters. The topological polar surface area (TPSA) is 59.7 Å². The van der Waals surface area contributed by atoms with Gasteiger partial charge in [-0.05, 0) is 52.3 Å². The zero-order chi connectivity index (χ0) is 16.6. The van der Waals surface area contributed by atoms with E-state index in [-0.39, 0.29) is 24.4 Å². The van der Waals surface area contributed by atoms with Gasteiger partial charge in [-0.3, -0.25) is 14.1 Å². The Bertz CT molecular complexity index is 722. The van der Waals surface area contributed by atoms with Crippen LogP contribution in [0.4, 0.5) is 4.39 Å². The van der Waals surface area contributed by atoms with Crippen LogP contribution in [-0.2, 0) is 9.53 Å². The van der Waals surface area contributed by atoms with Crippen LogP contribution in [0.3, 0.4) is 0 Å². The molecule has 1 saturated heterocycles. The lowest BCUT2D eigenvalue weighted by molar-refractivity contribution is -0.156. The fraction of sp³-hybridized carbons (Fsp3) is 0.562. The van der Waals surface area contributed by atoms with Crippen molar-refractivity contribution in [3.63, 3.8) is 0 Å². The summed E-state index contributed by atoms with van der Waals surface area (Å²) in [7, 11) is 0.